The highest BCUT2D eigenvalue weighted by Crippen LogP contribution is 2.29. The summed E-state index contributed by atoms with van der Waals surface area (Å²) in [6.07, 6.45) is 1.37. The SMILES string of the molecule is COc1ccc(N2N=C(C)/C(=C/c3c(O)n(-c4ccccc4)c(=S)n(-c4ccccc4)c3=O)C2=O)cc1. The molecule has 184 valence electrons. The van der Waals surface area contributed by atoms with E-state index < -0.39 is 11.5 Å². The number of hydrogen-bond acceptors (Lipinski definition) is 6. The number of nitrogens with zero attached hydrogens (tertiary/aromatic N) is 4. The fourth-order valence-corrected chi connectivity index (χ4v) is 4.46. The van der Waals surface area contributed by atoms with Crippen LogP contribution in [-0.4, -0.2) is 33.0 Å². The van der Waals surface area contributed by atoms with Crippen molar-refractivity contribution in [2.45, 2.75) is 6.92 Å². The summed E-state index contributed by atoms with van der Waals surface area (Å²) in [7, 11) is 1.56. The molecule has 0 radical (unpaired) electrons. The third-order valence-electron chi connectivity index (χ3n) is 5.97. The minimum absolute atomic E-state index is 0.0872. The van der Waals surface area contributed by atoms with Gasteiger partial charge in [0, 0.05) is 0 Å². The van der Waals surface area contributed by atoms with E-state index in [1.54, 1.807) is 86.8 Å². The fraction of sp³-hybridized carbons (Fsp3) is 0.0714. The predicted octanol–water partition coefficient (Wildman–Crippen LogP) is 4.88. The Morgan fingerprint density at radius 1 is 0.838 bits per heavy atom. The van der Waals surface area contributed by atoms with Gasteiger partial charge < -0.3 is 9.84 Å². The van der Waals surface area contributed by atoms with Crippen LogP contribution in [0.4, 0.5) is 5.69 Å². The molecule has 0 bridgehead atoms. The molecule has 0 spiro atoms. The number of ether oxygens (including phenoxy) is 1. The molecule has 9 heteroatoms. The van der Waals surface area contributed by atoms with Crippen molar-refractivity contribution in [3.8, 4) is 23.0 Å². The van der Waals surface area contributed by atoms with Gasteiger partial charge in [0.05, 0.1) is 35.5 Å². The second-order valence-corrected chi connectivity index (χ2v) is 8.59. The molecule has 5 rings (SSSR count). The Labute approximate surface area is 217 Å². The maximum Gasteiger partial charge on any atom is 0.280 e. The van der Waals surface area contributed by atoms with Crippen LogP contribution >= 0.6 is 12.2 Å². The van der Waals surface area contributed by atoms with Gasteiger partial charge in [0.25, 0.3) is 11.5 Å². The Bertz CT molecular complexity index is 1670. The Morgan fingerprint density at radius 3 is 1.97 bits per heavy atom. The quantitative estimate of drug-likeness (QED) is 0.305. The Kier molecular flexibility index (Phi) is 6.29. The molecular weight excluding hydrogens is 488 g/mol. The molecule has 0 fully saturated rings. The summed E-state index contributed by atoms with van der Waals surface area (Å²) in [6.45, 7) is 1.67. The zero-order valence-corrected chi connectivity index (χ0v) is 20.8. The second-order valence-electron chi connectivity index (χ2n) is 8.23. The molecule has 0 saturated heterocycles. The van der Waals surface area contributed by atoms with E-state index in [0.717, 1.165) is 0 Å². The number of anilines is 1. The number of methoxy groups -OCH3 is 1. The number of carbonyl (C=O) groups excluding carboxylic acids is 1. The number of carbonyl (C=O) groups is 1. The highest BCUT2D eigenvalue weighted by molar-refractivity contribution is 7.71. The van der Waals surface area contributed by atoms with Crippen LogP contribution < -0.4 is 15.3 Å². The predicted molar refractivity (Wildman–Crippen MR) is 145 cm³/mol. The second kappa shape index (κ2) is 9.71. The Balaban J connectivity index is 1.70. The van der Waals surface area contributed by atoms with Crippen LogP contribution in [0.5, 0.6) is 11.6 Å². The summed E-state index contributed by atoms with van der Waals surface area (Å²) in [6, 6.07) is 24.8. The number of hydrogen-bond donors (Lipinski definition) is 1. The third kappa shape index (κ3) is 4.25. The van der Waals surface area contributed by atoms with Crippen molar-refractivity contribution in [2.24, 2.45) is 5.10 Å². The standard InChI is InChI=1S/C28H22N4O4S/c1-18-23(27(35)32(29-18)21-13-15-22(36-2)16-14-21)17-24-25(33)30(19-9-5-3-6-10-19)28(37)31(26(24)34)20-11-7-4-8-12-20/h3-17,33H,1-2H3/b23-17-. The average molecular weight is 511 g/mol. The molecule has 37 heavy (non-hydrogen) atoms. The molecule has 0 unspecified atom stereocenters. The maximum absolute atomic E-state index is 13.7. The minimum Gasteiger partial charge on any atom is -0.497 e. The molecule has 0 aliphatic carbocycles. The molecule has 1 aliphatic heterocycles. The Morgan fingerprint density at radius 2 is 1.41 bits per heavy atom. The van der Waals surface area contributed by atoms with E-state index in [9.17, 15) is 14.7 Å². The van der Waals surface area contributed by atoms with Crippen LogP contribution in [0.2, 0.25) is 0 Å². The molecule has 3 aromatic carbocycles. The van der Waals surface area contributed by atoms with Crippen molar-refractivity contribution in [3.05, 3.63) is 111 Å². The monoisotopic (exact) mass is 510 g/mol. The normalized spacial score (nSPS) is 14.2. The van der Waals surface area contributed by atoms with Crippen molar-refractivity contribution in [3.63, 3.8) is 0 Å². The van der Waals surface area contributed by atoms with Gasteiger partial charge >= 0.3 is 0 Å². The molecule has 1 aromatic heterocycles. The lowest BCUT2D eigenvalue weighted by Gasteiger charge is -2.17. The number of benzene rings is 3. The third-order valence-corrected chi connectivity index (χ3v) is 6.33. The lowest BCUT2D eigenvalue weighted by atomic mass is 10.1. The number of aromatic nitrogens is 2. The van der Waals surface area contributed by atoms with Gasteiger partial charge in [0.1, 0.15) is 11.3 Å². The first-order chi connectivity index (χ1) is 17.9. The van der Waals surface area contributed by atoms with Crippen LogP contribution in [0, 0.1) is 4.77 Å². The van der Waals surface area contributed by atoms with Crippen molar-refractivity contribution in [1.82, 2.24) is 9.13 Å². The van der Waals surface area contributed by atoms with Gasteiger partial charge in [-0.25, -0.2) is 0 Å². The number of aromatic hydroxyl groups is 1. The first-order valence-corrected chi connectivity index (χ1v) is 11.8. The molecule has 4 aromatic rings. The first kappa shape index (κ1) is 24.0. The topological polar surface area (TPSA) is 89.1 Å². The summed E-state index contributed by atoms with van der Waals surface area (Å²) in [4.78, 5) is 27.1. The lowest BCUT2D eigenvalue weighted by Crippen LogP contribution is -2.26. The number of amides is 1. The molecule has 2 heterocycles. The van der Waals surface area contributed by atoms with Crippen molar-refractivity contribution in [2.75, 3.05) is 12.1 Å². The highest BCUT2D eigenvalue weighted by Gasteiger charge is 2.30. The summed E-state index contributed by atoms with van der Waals surface area (Å²) >= 11 is 5.66. The van der Waals surface area contributed by atoms with E-state index in [2.05, 4.69) is 5.10 Å². The van der Waals surface area contributed by atoms with Crippen LogP contribution in [0.3, 0.4) is 0 Å². The Hall–Kier alpha value is -4.76. The smallest absolute Gasteiger partial charge is 0.280 e. The van der Waals surface area contributed by atoms with Gasteiger partial charge in [-0.2, -0.15) is 10.1 Å². The van der Waals surface area contributed by atoms with E-state index in [-0.39, 0.29) is 21.8 Å². The zero-order chi connectivity index (χ0) is 26.1. The van der Waals surface area contributed by atoms with E-state index in [4.69, 9.17) is 17.0 Å². The van der Waals surface area contributed by atoms with E-state index in [0.29, 0.717) is 28.5 Å². The van der Waals surface area contributed by atoms with Gasteiger partial charge in [0.2, 0.25) is 5.88 Å². The van der Waals surface area contributed by atoms with E-state index in [1.807, 2.05) is 12.1 Å². The zero-order valence-electron chi connectivity index (χ0n) is 20.0. The average Bonchev–Trinajstić information content (AvgIpc) is 3.20. The van der Waals surface area contributed by atoms with Crippen molar-refractivity contribution in [1.29, 1.82) is 0 Å². The van der Waals surface area contributed by atoms with Gasteiger partial charge in [-0.1, -0.05) is 36.4 Å². The number of rotatable bonds is 5. The largest absolute Gasteiger partial charge is 0.497 e. The number of para-hydroxylation sites is 2. The molecule has 1 aliphatic rings. The first-order valence-electron chi connectivity index (χ1n) is 11.4. The lowest BCUT2D eigenvalue weighted by molar-refractivity contribution is -0.114. The molecular formula is C28H22N4O4S. The molecule has 0 atom stereocenters. The van der Waals surface area contributed by atoms with Gasteiger partial charge in [0.15, 0.2) is 4.77 Å². The fourth-order valence-electron chi connectivity index (χ4n) is 4.08. The summed E-state index contributed by atoms with van der Waals surface area (Å²) < 4.78 is 8.01. The minimum atomic E-state index is -0.558. The van der Waals surface area contributed by atoms with Crippen molar-refractivity contribution >= 4 is 35.6 Å². The molecule has 1 amide bonds. The summed E-state index contributed by atoms with van der Waals surface area (Å²) in [5, 5.41) is 16.9. The van der Waals surface area contributed by atoms with Gasteiger partial charge in [-0.05, 0) is 73.7 Å². The summed E-state index contributed by atoms with van der Waals surface area (Å²) in [5.74, 6) is -0.154. The molecule has 8 nitrogen and oxygen atoms in total. The highest BCUT2D eigenvalue weighted by atomic mass is 32.1. The van der Waals surface area contributed by atoms with Crippen LogP contribution in [-0.2, 0) is 4.79 Å². The van der Waals surface area contributed by atoms with Crippen LogP contribution in [0.1, 0.15) is 12.5 Å². The van der Waals surface area contributed by atoms with Crippen molar-refractivity contribution < 1.29 is 14.6 Å². The maximum atomic E-state index is 13.7. The number of hydrazone groups is 1. The van der Waals surface area contributed by atoms with Gasteiger partial charge in [-0.15, -0.1) is 0 Å². The molecule has 0 saturated carbocycles. The van der Waals surface area contributed by atoms with E-state index in [1.165, 1.54) is 20.2 Å². The van der Waals surface area contributed by atoms with E-state index >= 15 is 0 Å². The molecule has 1 N–H and O–H groups in total. The van der Waals surface area contributed by atoms with Crippen LogP contribution in [0.25, 0.3) is 17.5 Å². The summed E-state index contributed by atoms with van der Waals surface area (Å²) in [5.41, 5.74) is 1.58. The van der Waals surface area contributed by atoms with Crippen LogP contribution in [0.15, 0.2) is 100 Å². The van der Waals surface area contributed by atoms with Gasteiger partial charge in [-0.3, -0.25) is 18.7 Å².